The van der Waals surface area contributed by atoms with Gasteiger partial charge in [0.1, 0.15) is 6.54 Å². The molecule has 1 N–H and O–H groups in total. The second kappa shape index (κ2) is 4.04. The number of nitrogens with zero attached hydrogens (tertiary/aromatic N) is 1. The lowest BCUT2D eigenvalue weighted by Gasteiger charge is -2.19. The Morgan fingerprint density at radius 2 is 2.13 bits per heavy atom. The number of hydrogen-bond acceptors (Lipinski definition) is 2. The van der Waals surface area contributed by atoms with Crippen LogP contribution in [0.3, 0.4) is 0 Å². The van der Waals surface area contributed by atoms with Gasteiger partial charge in [-0.15, -0.1) is 6.58 Å². The molecule has 4 heteroatoms. The van der Waals surface area contributed by atoms with Crippen LogP contribution >= 0.6 is 0 Å². The average molecular weight is 211 g/mol. The van der Waals surface area contributed by atoms with Crippen LogP contribution in [0, 0.1) is 11.3 Å². The molecule has 0 aromatic carbocycles. The van der Waals surface area contributed by atoms with E-state index in [4.69, 9.17) is 5.11 Å². The molecular weight excluding hydrogens is 194 g/mol. The van der Waals surface area contributed by atoms with Gasteiger partial charge in [-0.3, -0.25) is 9.59 Å². The Labute approximate surface area is 89.6 Å². The Bertz CT molecular complexity index is 296. The van der Waals surface area contributed by atoms with Gasteiger partial charge in [0.15, 0.2) is 0 Å². The Morgan fingerprint density at radius 3 is 2.47 bits per heavy atom. The average Bonchev–Trinajstić information content (AvgIpc) is 2.72. The van der Waals surface area contributed by atoms with Gasteiger partial charge < -0.3 is 10.0 Å². The van der Waals surface area contributed by atoms with Crippen molar-refractivity contribution < 1.29 is 14.7 Å². The van der Waals surface area contributed by atoms with E-state index in [1.54, 1.807) is 6.08 Å². The number of carbonyl (C=O) groups is 2. The van der Waals surface area contributed by atoms with Crippen LogP contribution in [0.15, 0.2) is 12.7 Å². The first-order chi connectivity index (χ1) is 6.88. The van der Waals surface area contributed by atoms with Crippen LogP contribution < -0.4 is 0 Å². The third-order valence-corrected chi connectivity index (χ3v) is 2.80. The second-order valence-corrected chi connectivity index (χ2v) is 4.65. The molecule has 0 spiro atoms. The lowest BCUT2D eigenvalue weighted by Crippen LogP contribution is -2.37. The van der Waals surface area contributed by atoms with Crippen molar-refractivity contribution in [3.8, 4) is 0 Å². The van der Waals surface area contributed by atoms with Crippen LogP contribution in [0.25, 0.3) is 0 Å². The molecule has 0 aromatic rings. The van der Waals surface area contributed by atoms with Gasteiger partial charge in [-0.1, -0.05) is 19.9 Å². The third-order valence-electron chi connectivity index (χ3n) is 2.80. The number of carboxylic acid groups (broad SMARTS) is 1. The summed E-state index contributed by atoms with van der Waals surface area (Å²) in [5.74, 6) is -1.07. The van der Waals surface area contributed by atoms with E-state index in [0.717, 1.165) is 6.42 Å². The largest absolute Gasteiger partial charge is 0.480 e. The van der Waals surface area contributed by atoms with Gasteiger partial charge in [-0.05, 0) is 11.8 Å². The molecule has 1 saturated carbocycles. The van der Waals surface area contributed by atoms with Crippen molar-refractivity contribution in [2.45, 2.75) is 20.3 Å². The fraction of sp³-hybridized carbons (Fsp3) is 0.636. The summed E-state index contributed by atoms with van der Waals surface area (Å²) in [6, 6.07) is 0. The summed E-state index contributed by atoms with van der Waals surface area (Å²) in [5.41, 5.74) is 0.0367. The maximum absolute atomic E-state index is 11.9. The SMILES string of the molecule is C=CCN(CC(=O)O)C(=O)C1CC1(C)C. The fourth-order valence-electron chi connectivity index (χ4n) is 1.66. The third kappa shape index (κ3) is 2.81. The molecule has 0 heterocycles. The number of carbonyl (C=O) groups excluding carboxylic acids is 1. The van der Waals surface area contributed by atoms with Crippen molar-refractivity contribution in [3.05, 3.63) is 12.7 Å². The summed E-state index contributed by atoms with van der Waals surface area (Å²) in [7, 11) is 0. The highest BCUT2D eigenvalue weighted by atomic mass is 16.4. The zero-order valence-corrected chi connectivity index (χ0v) is 9.19. The topological polar surface area (TPSA) is 57.6 Å². The smallest absolute Gasteiger partial charge is 0.323 e. The normalized spacial score (nSPS) is 21.9. The van der Waals surface area contributed by atoms with E-state index in [-0.39, 0.29) is 23.8 Å². The Hall–Kier alpha value is -1.32. The summed E-state index contributed by atoms with van der Waals surface area (Å²) in [5, 5.41) is 8.66. The summed E-state index contributed by atoms with van der Waals surface area (Å²) in [4.78, 5) is 23.8. The van der Waals surface area contributed by atoms with E-state index in [9.17, 15) is 9.59 Å². The minimum Gasteiger partial charge on any atom is -0.480 e. The lowest BCUT2D eigenvalue weighted by molar-refractivity contribution is -0.144. The zero-order chi connectivity index (χ0) is 11.6. The first kappa shape index (κ1) is 11.8. The number of rotatable bonds is 5. The number of aliphatic carboxylic acids is 1. The Morgan fingerprint density at radius 1 is 1.60 bits per heavy atom. The summed E-state index contributed by atoms with van der Waals surface area (Å²) >= 11 is 0. The molecule has 1 rings (SSSR count). The molecule has 15 heavy (non-hydrogen) atoms. The predicted molar refractivity (Wildman–Crippen MR) is 56.3 cm³/mol. The molecule has 0 radical (unpaired) electrons. The van der Waals surface area contributed by atoms with Crippen LogP contribution in [-0.2, 0) is 9.59 Å². The lowest BCUT2D eigenvalue weighted by atomic mass is 10.1. The van der Waals surface area contributed by atoms with Crippen LogP contribution in [0.2, 0.25) is 0 Å². The molecule has 0 saturated heterocycles. The summed E-state index contributed by atoms with van der Waals surface area (Å²) in [6.45, 7) is 7.62. The molecule has 1 amide bonds. The maximum Gasteiger partial charge on any atom is 0.323 e. The van der Waals surface area contributed by atoms with Crippen LogP contribution in [0.4, 0.5) is 0 Å². The van der Waals surface area contributed by atoms with E-state index < -0.39 is 5.97 Å². The first-order valence-electron chi connectivity index (χ1n) is 5.00. The highest BCUT2D eigenvalue weighted by Gasteiger charge is 2.51. The summed E-state index contributed by atoms with van der Waals surface area (Å²) in [6.07, 6.45) is 2.40. The van der Waals surface area contributed by atoms with Crippen molar-refractivity contribution >= 4 is 11.9 Å². The Kier molecular flexibility index (Phi) is 3.17. The standard InChI is InChI=1S/C11H17NO3/c1-4-5-12(7-9(13)14)10(15)8-6-11(8,2)3/h4,8H,1,5-7H2,2-3H3,(H,13,14). The number of hydrogen-bond donors (Lipinski definition) is 1. The van der Waals surface area contributed by atoms with E-state index in [0.29, 0.717) is 6.54 Å². The van der Waals surface area contributed by atoms with Gasteiger partial charge >= 0.3 is 5.97 Å². The first-order valence-corrected chi connectivity index (χ1v) is 5.00. The monoisotopic (exact) mass is 211 g/mol. The van der Waals surface area contributed by atoms with Crippen molar-refractivity contribution in [3.63, 3.8) is 0 Å². The summed E-state index contributed by atoms with van der Waals surface area (Å²) < 4.78 is 0. The molecular formula is C11H17NO3. The molecule has 4 nitrogen and oxygen atoms in total. The van der Waals surface area contributed by atoms with E-state index >= 15 is 0 Å². The van der Waals surface area contributed by atoms with Crippen LogP contribution in [-0.4, -0.2) is 35.0 Å². The van der Waals surface area contributed by atoms with E-state index in [1.807, 2.05) is 13.8 Å². The molecule has 1 unspecified atom stereocenters. The number of carboxylic acids is 1. The zero-order valence-electron chi connectivity index (χ0n) is 9.19. The Balaban J connectivity index is 2.60. The van der Waals surface area contributed by atoms with Gasteiger partial charge in [0.05, 0.1) is 0 Å². The minimum atomic E-state index is -0.983. The molecule has 1 aliphatic carbocycles. The van der Waals surface area contributed by atoms with Crippen LogP contribution in [0.1, 0.15) is 20.3 Å². The van der Waals surface area contributed by atoms with Crippen molar-refractivity contribution in [2.24, 2.45) is 11.3 Å². The van der Waals surface area contributed by atoms with Crippen molar-refractivity contribution in [2.75, 3.05) is 13.1 Å². The van der Waals surface area contributed by atoms with Crippen LogP contribution in [0.5, 0.6) is 0 Å². The van der Waals surface area contributed by atoms with Gasteiger partial charge in [0.25, 0.3) is 0 Å². The molecule has 0 bridgehead atoms. The highest BCUT2D eigenvalue weighted by molar-refractivity contribution is 5.85. The molecule has 0 aliphatic heterocycles. The molecule has 84 valence electrons. The molecule has 1 aliphatic rings. The molecule has 1 fully saturated rings. The van der Waals surface area contributed by atoms with Gasteiger partial charge in [-0.2, -0.15) is 0 Å². The van der Waals surface area contributed by atoms with E-state index in [1.165, 1.54) is 4.90 Å². The van der Waals surface area contributed by atoms with Gasteiger partial charge in [-0.25, -0.2) is 0 Å². The quantitative estimate of drug-likeness (QED) is 0.693. The molecule has 1 atom stereocenters. The second-order valence-electron chi connectivity index (χ2n) is 4.65. The minimum absolute atomic E-state index is 0.0169. The predicted octanol–water partition coefficient (Wildman–Crippen LogP) is 1.13. The van der Waals surface area contributed by atoms with Crippen molar-refractivity contribution in [1.29, 1.82) is 0 Å². The van der Waals surface area contributed by atoms with E-state index in [2.05, 4.69) is 6.58 Å². The fourth-order valence-corrected chi connectivity index (χ4v) is 1.66. The van der Waals surface area contributed by atoms with Gasteiger partial charge in [0.2, 0.25) is 5.91 Å². The number of amides is 1. The van der Waals surface area contributed by atoms with Crippen molar-refractivity contribution in [1.82, 2.24) is 4.90 Å². The highest BCUT2D eigenvalue weighted by Crippen LogP contribution is 2.52. The van der Waals surface area contributed by atoms with Gasteiger partial charge in [0, 0.05) is 12.5 Å². The molecule has 0 aromatic heterocycles. The maximum atomic E-state index is 11.9.